The summed E-state index contributed by atoms with van der Waals surface area (Å²) in [6.45, 7) is 3.11. The summed E-state index contributed by atoms with van der Waals surface area (Å²) in [5, 5.41) is 9.48. The summed E-state index contributed by atoms with van der Waals surface area (Å²) < 4.78 is 5.30. The van der Waals surface area contributed by atoms with Gasteiger partial charge in [0.15, 0.2) is 0 Å². The first-order valence-electron chi connectivity index (χ1n) is 9.60. The van der Waals surface area contributed by atoms with Gasteiger partial charge in [0, 0.05) is 37.8 Å². The summed E-state index contributed by atoms with van der Waals surface area (Å²) in [5.41, 5.74) is 2.79. The molecule has 0 bridgehead atoms. The van der Waals surface area contributed by atoms with Gasteiger partial charge in [-0.25, -0.2) is 0 Å². The van der Waals surface area contributed by atoms with Crippen molar-refractivity contribution in [1.29, 1.82) is 0 Å². The molecule has 0 aliphatic carbocycles. The Bertz CT molecular complexity index is 809. The zero-order valence-electron chi connectivity index (χ0n) is 15.7. The molecule has 2 saturated heterocycles. The summed E-state index contributed by atoms with van der Waals surface area (Å²) in [6.07, 6.45) is 1.80. The van der Waals surface area contributed by atoms with Gasteiger partial charge in [-0.3, -0.25) is 9.69 Å². The van der Waals surface area contributed by atoms with Gasteiger partial charge in [0.05, 0.1) is 13.2 Å². The van der Waals surface area contributed by atoms with E-state index in [9.17, 15) is 9.90 Å². The zero-order chi connectivity index (χ0) is 18.8. The molecule has 0 aromatic heterocycles. The number of methoxy groups -OCH3 is 1. The first kappa shape index (κ1) is 18.0. The molecule has 0 radical (unpaired) electrons. The lowest BCUT2D eigenvalue weighted by Crippen LogP contribution is -2.58. The normalized spacial score (nSPS) is 19.0. The number of rotatable bonds is 4. The van der Waals surface area contributed by atoms with Crippen LogP contribution in [-0.2, 0) is 0 Å². The molecular formula is C22H26N2O3. The predicted octanol–water partition coefficient (Wildman–Crippen LogP) is 2.64. The number of nitrogens with zero attached hydrogens (tertiary/aromatic N) is 2. The number of ether oxygens (including phenoxy) is 1. The number of piperidine rings is 1. The highest BCUT2D eigenvalue weighted by molar-refractivity contribution is 5.95. The van der Waals surface area contributed by atoms with Crippen LogP contribution in [0.1, 0.15) is 23.2 Å². The molecule has 142 valence electrons. The number of benzene rings is 2. The van der Waals surface area contributed by atoms with E-state index >= 15 is 0 Å². The average molecular weight is 366 g/mol. The molecule has 0 saturated carbocycles. The first-order valence-corrected chi connectivity index (χ1v) is 9.60. The van der Waals surface area contributed by atoms with Crippen LogP contribution in [0.4, 0.5) is 0 Å². The second kappa shape index (κ2) is 7.71. The maximum absolute atomic E-state index is 13.0. The standard InChI is InChI=1S/C22H26N2O3/c1-27-21-7-3-5-17(13-21)16-4-2-6-18(12-16)22(26)23-10-8-19(9-11-23)24-14-20(25)15-24/h2-7,12-13,19-20,25H,8-11,14-15H2,1H3. The summed E-state index contributed by atoms with van der Waals surface area (Å²) in [7, 11) is 1.66. The van der Waals surface area contributed by atoms with Gasteiger partial charge in [-0.05, 0) is 48.2 Å². The van der Waals surface area contributed by atoms with E-state index in [-0.39, 0.29) is 12.0 Å². The number of carbonyl (C=O) groups excluding carboxylic acids is 1. The molecule has 2 heterocycles. The number of hydrogen-bond donors (Lipinski definition) is 1. The number of likely N-dealkylation sites (tertiary alicyclic amines) is 2. The summed E-state index contributed by atoms with van der Waals surface area (Å²) in [4.78, 5) is 17.3. The Labute approximate surface area is 160 Å². The Kier molecular flexibility index (Phi) is 5.14. The van der Waals surface area contributed by atoms with Crippen LogP contribution in [0, 0.1) is 0 Å². The number of aliphatic hydroxyl groups is 1. The number of carbonyl (C=O) groups is 1. The molecule has 1 N–H and O–H groups in total. The monoisotopic (exact) mass is 366 g/mol. The molecule has 0 atom stereocenters. The molecular weight excluding hydrogens is 340 g/mol. The van der Waals surface area contributed by atoms with Gasteiger partial charge in [0.25, 0.3) is 5.91 Å². The van der Waals surface area contributed by atoms with E-state index in [1.165, 1.54) is 0 Å². The molecule has 2 fully saturated rings. The maximum Gasteiger partial charge on any atom is 0.253 e. The quantitative estimate of drug-likeness (QED) is 0.904. The zero-order valence-corrected chi connectivity index (χ0v) is 15.7. The smallest absolute Gasteiger partial charge is 0.253 e. The van der Waals surface area contributed by atoms with Crippen LogP contribution in [0.25, 0.3) is 11.1 Å². The molecule has 27 heavy (non-hydrogen) atoms. The van der Waals surface area contributed by atoms with Crippen LogP contribution >= 0.6 is 0 Å². The Balaban J connectivity index is 1.43. The van der Waals surface area contributed by atoms with Crippen LogP contribution in [0.15, 0.2) is 48.5 Å². The Morgan fingerprint density at radius 1 is 1.04 bits per heavy atom. The Hall–Kier alpha value is -2.37. The predicted molar refractivity (Wildman–Crippen MR) is 105 cm³/mol. The van der Waals surface area contributed by atoms with Gasteiger partial charge >= 0.3 is 0 Å². The van der Waals surface area contributed by atoms with E-state index in [0.717, 1.165) is 61.5 Å². The fourth-order valence-corrected chi connectivity index (χ4v) is 4.04. The third-order valence-electron chi connectivity index (χ3n) is 5.67. The van der Waals surface area contributed by atoms with Crippen LogP contribution in [-0.4, -0.2) is 66.2 Å². The molecule has 2 aliphatic heterocycles. The van der Waals surface area contributed by atoms with Gasteiger partial charge < -0.3 is 14.7 Å². The summed E-state index contributed by atoms with van der Waals surface area (Å²) >= 11 is 0. The molecule has 5 heteroatoms. The van der Waals surface area contributed by atoms with E-state index < -0.39 is 0 Å². The number of hydrogen-bond acceptors (Lipinski definition) is 4. The number of aliphatic hydroxyl groups excluding tert-OH is 1. The summed E-state index contributed by atoms with van der Waals surface area (Å²) in [5.74, 6) is 0.907. The van der Waals surface area contributed by atoms with Crippen molar-refractivity contribution in [3.8, 4) is 16.9 Å². The lowest BCUT2D eigenvalue weighted by atomic mass is 9.97. The molecule has 2 aromatic carbocycles. The van der Waals surface area contributed by atoms with Crippen LogP contribution < -0.4 is 4.74 Å². The highest BCUT2D eigenvalue weighted by Crippen LogP contribution is 2.26. The van der Waals surface area contributed by atoms with E-state index in [1.54, 1.807) is 7.11 Å². The summed E-state index contributed by atoms with van der Waals surface area (Å²) in [6, 6.07) is 16.2. The van der Waals surface area contributed by atoms with Gasteiger partial charge in [0.2, 0.25) is 0 Å². The SMILES string of the molecule is COc1cccc(-c2cccc(C(=O)N3CCC(N4CC(O)C4)CC3)c2)c1. The van der Waals surface area contributed by atoms with Crippen molar-refractivity contribution in [3.05, 3.63) is 54.1 Å². The molecule has 1 amide bonds. The topological polar surface area (TPSA) is 53.0 Å². The van der Waals surface area contributed by atoms with Crippen molar-refractivity contribution in [2.75, 3.05) is 33.3 Å². The minimum Gasteiger partial charge on any atom is -0.497 e. The van der Waals surface area contributed by atoms with Crippen molar-refractivity contribution < 1.29 is 14.6 Å². The van der Waals surface area contributed by atoms with Crippen molar-refractivity contribution >= 4 is 5.91 Å². The second-order valence-electron chi connectivity index (χ2n) is 7.44. The highest BCUT2D eigenvalue weighted by Gasteiger charge is 2.33. The van der Waals surface area contributed by atoms with Crippen molar-refractivity contribution in [1.82, 2.24) is 9.80 Å². The van der Waals surface area contributed by atoms with Crippen LogP contribution in [0.2, 0.25) is 0 Å². The minimum absolute atomic E-state index is 0.0989. The lowest BCUT2D eigenvalue weighted by molar-refractivity contribution is -0.0381. The molecule has 4 rings (SSSR count). The van der Waals surface area contributed by atoms with Crippen molar-refractivity contribution in [3.63, 3.8) is 0 Å². The Morgan fingerprint density at radius 2 is 1.70 bits per heavy atom. The third-order valence-corrected chi connectivity index (χ3v) is 5.67. The lowest BCUT2D eigenvalue weighted by Gasteiger charge is -2.45. The number of amides is 1. The maximum atomic E-state index is 13.0. The molecule has 2 aliphatic rings. The minimum atomic E-state index is -0.163. The molecule has 0 unspecified atom stereocenters. The molecule has 0 spiro atoms. The largest absolute Gasteiger partial charge is 0.497 e. The fraction of sp³-hybridized carbons (Fsp3) is 0.409. The first-order chi connectivity index (χ1) is 13.1. The van der Waals surface area contributed by atoms with Crippen molar-refractivity contribution in [2.45, 2.75) is 25.0 Å². The van der Waals surface area contributed by atoms with Crippen LogP contribution in [0.3, 0.4) is 0 Å². The van der Waals surface area contributed by atoms with E-state index in [4.69, 9.17) is 4.74 Å². The average Bonchev–Trinajstić information content (AvgIpc) is 2.71. The van der Waals surface area contributed by atoms with E-state index in [1.807, 2.05) is 53.4 Å². The molecule has 5 nitrogen and oxygen atoms in total. The van der Waals surface area contributed by atoms with Gasteiger partial charge in [-0.1, -0.05) is 24.3 Å². The second-order valence-corrected chi connectivity index (χ2v) is 7.44. The fourth-order valence-electron chi connectivity index (χ4n) is 4.04. The van der Waals surface area contributed by atoms with Crippen molar-refractivity contribution in [2.24, 2.45) is 0 Å². The Morgan fingerprint density at radius 3 is 2.37 bits per heavy atom. The van der Waals surface area contributed by atoms with E-state index in [0.29, 0.717) is 6.04 Å². The molecule has 2 aromatic rings. The van der Waals surface area contributed by atoms with Gasteiger partial charge in [0.1, 0.15) is 5.75 Å². The van der Waals surface area contributed by atoms with Gasteiger partial charge in [-0.15, -0.1) is 0 Å². The highest BCUT2D eigenvalue weighted by atomic mass is 16.5. The third kappa shape index (κ3) is 3.84. The van der Waals surface area contributed by atoms with Gasteiger partial charge in [-0.2, -0.15) is 0 Å². The number of β-amino-alcohol motifs (C(OH)–C–C–N with tert-alkyl or cyclic N) is 1. The van der Waals surface area contributed by atoms with E-state index in [2.05, 4.69) is 4.90 Å². The van der Waals surface area contributed by atoms with Crippen LogP contribution in [0.5, 0.6) is 5.75 Å².